The van der Waals surface area contributed by atoms with Gasteiger partial charge in [-0.3, -0.25) is 4.90 Å². The fraction of sp³-hybridized carbons (Fsp3) is 0.571. The van der Waals surface area contributed by atoms with Crippen molar-refractivity contribution in [3.63, 3.8) is 0 Å². The number of benzene rings is 1. The minimum atomic E-state index is -0.169. The Morgan fingerprint density at radius 3 is 2.65 bits per heavy atom. The topological polar surface area (TPSA) is 29.3 Å². The van der Waals surface area contributed by atoms with E-state index in [1.165, 1.54) is 31.7 Å². The highest BCUT2D eigenvalue weighted by Gasteiger charge is 2.20. The van der Waals surface area contributed by atoms with Gasteiger partial charge in [0.15, 0.2) is 0 Å². The molecule has 0 bridgehead atoms. The largest absolute Gasteiger partial charge is 0.326 e. The van der Waals surface area contributed by atoms with Crippen molar-refractivity contribution in [2.45, 2.75) is 44.8 Å². The molecule has 0 aliphatic heterocycles. The van der Waals surface area contributed by atoms with E-state index in [2.05, 4.69) is 11.9 Å². The molecule has 1 aliphatic carbocycles. The van der Waals surface area contributed by atoms with Crippen LogP contribution in [0.4, 0.5) is 4.39 Å². The number of hydrogen-bond donors (Lipinski definition) is 1. The van der Waals surface area contributed by atoms with Gasteiger partial charge in [0.2, 0.25) is 0 Å². The van der Waals surface area contributed by atoms with E-state index in [9.17, 15) is 4.39 Å². The second kappa shape index (κ2) is 5.61. The lowest BCUT2D eigenvalue weighted by Gasteiger charge is -2.25. The van der Waals surface area contributed by atoms with E-state index in [-0.39, 0.29) is 5.82 Å². The van der Waals surface area contributed by atoms with Crippen LogP contribution in [0.15, 0.2) is 18.2 Å². The molecule has 94 valence electrons. The molecule has 2 N–H and O–H groups in total. The summed E-state index contributed by atoms with van der Waals surface area (Å²) < 4.78 is 13.3. The molecule has 0 heterocycles. The van der Waals surface area contributed by atoms with Gasteiger partial charge in [0.1, 0.15) is 5.82 Å². The maximum absolute atomic E-state index is 13.3. The predicted octanol–water partition coefficient (Wildman–Crippen LogP) is 2.66. The first-order chi connectivity index (χ1) is 8.20. The van der Waals surface area contributed by atoms with Crippen LogP contribution in [0.2, 0.25) is 0 Å². The van der Waals surface area contributed by atoms with Crippen molar-refractivity contribution in [1.82, 2.24) is 4.90 Å². The zero-order valence-electron chi connectivity index (χ0n) is 10.5. The smallest absolute Gasteiger partial charge is 0.123 e. The summed E-state index contributed by atoms with van der Waals surface area (Å²) in [4.78, 5) is 2.33. The summed E-state index contributed by atoms with van der Waals surface area (Å²) in [5.74, 6) is -0.169. The molecule has 1 fully saturated rings. The van der Waals surface area contributed by atoms with E-state index in [0.717, 1.165) is 17.7 Å². The molecule has 17 heavy (non-hydrogen) atoms. The lowest BCUT2D eigenvalue weighted by Crippen LogP contribution is -2.29. The molecule has 1 saturated carbocycles. The molecular formula is C14H21FN2. The quantitative estimate of drug-likeness (QED) is 0.871. The Morgan fingerprint density at radius 2 is 2.00 bits per heavy atom. The van der Waals surface area contributed by atoms with Crippen LogP contribution in [0, 0.1) is 5.82 Å². The Kier molecular flexibility index (Phi) is 4.13. The molecule has 3 heteroatoms. The van der Waals surface area contributed by atoms with E-state index < -0.39 is 0 Å². The first-order valence-corrected chi connectivity index (χ1v) is 6.38. The van der Waals surface area contributed by atoms with Crippen LogP contribution >= 0.6 is 0 Å². The third-order valence-corrected chi connectivity index (χ3v) is 3.76. The highest BCUT2D eigenvalue weighted by Crippen LogP contribution is 2.24. The Morgan fingerprint density at radius 1 is 1.29 bits per heavy atom. The average Bonchev–Trinajstić information content (AvgIpc) is 2.83. The summed E-state index contributed by atoms with van der Waals surface area (Å²) in [5.41, 5.74) is 7.77. The molecule has 1 aliphatic rings. The third-order valence-electron chi connectivity index (χ3n) is 3.76. The second-order valence-electron chi connectivity index (χ2n) is 4.97. The number of nitrogens with zero attached hydrogens (tertiary/aromatic N) is 1. The maximum Gasteiger partial charge on any atom is 0.123 e. The summed E-state index contributed by atoms with van der Waals surface area (Å²) in [6.07, 6.45) is 5.18. The monoisotopic (exact) mass is 236 g/mol. The van der Waals surface area contributed by atoms with Crippen molar-refractivity contribution < 1.29 is 4.39 Å². The Hall–Kier alpha value is -0.930. The molecule has 1 aromatic carbocycles. The summed E-state index contributed by atoms with van der Waals surface area (Å²) in [6.45, 7) is 1.28. The van der Waals surface area contributed by atoms with E-state index >= 15 is 0 Å². The molecule has 0 aromatic heterocycles. The van der Waals surface area contributed by atoms with Gasteiger partial charge in [-0.25, -0.2) is 4.39 Å². The minimum Gasteiger partial charge on any atom is -0.326 e. The summed E-state index contributed by atoms with van der Waals surface area (Å²) in [5, 5.41) is 0. The zero-order chi connectivity index (χ0) is 12.3. The molecule has 0 spiro atoms. The van der Waals surface area contributed by atoms with E-state index in [0.29, 0.717) is 12.6 Å². The fourth-order valence-corrected chi connectivity index (χ4v) is 2.68. The predicted molar refractivity (Wildman–Crippen MR) is 68.0 cm³/mol. The average molecular weight is 236 g/mol. The second-order valence-corrected chi connectivity index (χ2v) is 4.97. The number of rotatable bonds is 4. The molecular weight excluding hydrogens is 215 g/mol. The van der Waals surface area contributed by atoms with Gasteiger partial charge in [0.05, 0.1) is 0 Å². The molecule has 1 aromatic rings. The summed E-state index contributed by atoms with van der Waals surface area (Å²) in [7, 11) is 2.13. The van der Waals surface area contributed by atoms with Gasteiger partial charge < -0.3 is 5.73 Å². The highest BCUT2D eigenvalue weighted by atomic mass is 19.1. The van der Waals surface area contributed by atoms with Crippen molar-refractivity contribution in [2.75, 3.05) is 7.05 Å². The van der Waals surface area contributed by atoms with Crippen molar-refractivity contribution in [3.8, 4) is 0 Å². The normalized spacial score (nSPS) is 16.9. The molecule has 0 saturated heterocycles. The first kappa shape index (κ1) is 12.5. The van der Waals surface area contributed by atoms with Crippen molar-refractivity contribution in [1.29, 1.82) is 0 Å². The lowest BCUT2D eigenvalue weighted by atomic mass is 10.1. The van der Waals surface area contributed by atoms with Crippen molar-refractivity contribution in [2.24, 2.45) is 5.73 Å². The lowest BCUT2D eigenvalue weighted by molar-refractivity contribution is 0.236. The van der Waals surface area contributed by atoms with Gasteiger partial charge in [-0.15, -0.1) is 0 Å². The van der Waals surface area contributed by atoms with Gasteiger partial charge in [-0.05, 0) is 43.1 Å². The van der Waals surface area contributed by atoms with Crippen LogP contribution in [0.1, 0.15) is 36.8 Å². The molecule has 0 amide bonds. The van der Waals surface area contributed by atoms with Crippen molar-refractivity contribution >= 4 is 0 Å². The van der Waals surface area contributed by atoms with Gasteiger partial charge in [0.25, 0.3) is 0 Å². The first-order valence-electron chi connectivity index (χ1n) is 6.38. The molecule has 2 rings (SSSR count). The van der Waals surface area contributed by atoms with Crippen LogP contribution in [-0.2, 0) is 13.1 Å². The van der Waals surface area contributed by atoms with Gasteiger partial charge in [-0.1, -0.05) is 18.9 Å². The van der Waals surface area contributed by atoms with Crippen LogP contribution in [0.25, 0.3) is 0 Å². The Bertz CT molecular complexity index is 372. The Balaban J connectivity index is 2.08. The van der Waals surface area contributed by atoms with Crippen LogP contribution < -0.4 is 5.73 Å². The summed E-state index contributed by atoms with van der Waals surface area (Å²) in [6, 6.07) is 5.56. The molecule has 0 atom stereocenters. The molecule has 2 nitrogen and oxygen atoms in total. The van der Waals surface area contributed by atoms with Crippen molar-refractivity contribution in [3.05, 3.63) is 35.1 Å². The minimum absolute atomic E-state index is 0.169. The zero-order valence-corrected chi connectivity index (χ0v) is 10.5. The molecule has 0 unspecified atom stereocenters. The number of halogens is 1. The van der Waals surface area contributed by atoms with E-state index in [4.69, 9.17) is 5.73 Å². The third kappa shape index (κ3) is 3.05. The molecule has 0 radical (unpaired) electrons. The van der Waals surface area contributed by atoms with Gasteiger partial charge >= 0.3 is 0 Å². The SMILES string of the molecule is CN(Cc1cc(F)ccc1CN)C1CCCC1. The standard InChI is InChI=1S/C14H21FN2/c1-17(14-4-2-3-5-14)10-12-8-13(15)7-6-11(12)9-16/h6-8,14H,2-5,9-10,16H2,1H3. The van der Waals surface area contributed by atoms with Crippen LogP contribution in [0.5, 0.6) is 0 Å². The summed E-state index contributed by atoms with van der Waals surface area (Å²) >= 11 is 0. The number of hydrogen-bond acceptors (Lipinski definition) is 2. The Labute approximate surface area is 103 Å². The maximum atomic E-state index is 13.3. The van der Waals surface area contributed by atoms with Crippen LogP contribution in [0.3, 0.4) is 0 Å². The highest BCUT2D eigenvalue weighted by molar-refractivity contribution is 5.27. The van der Waals surface area contributed by atoms with Gasteiger partial charge in [0, 0.05) is 19.1 Å². The number of nitrogens with two attached hydrogens (primary N) is 1. The fourth-order valence-electron chi connectivity index (χ4n) is 2.68. The van der Waals surface area contributed by atoms with E-state index in [1.54, 1.807) is 12.1 Å². The van der Waals surface area contributed by atoms with Gasteiger partial charge in [-0.2, -0.15) is 0 Å². The van der Waals surface area contributed by atoms with Crippen LogP contribution in [-0.4, -0.2) is 18.0 Å². The van der Waals surface area contributed by atoms with E-state index in [1.807, 2.05) is 0 Å².